The molecule has 0 saturated carbocycles. The number of halogens is 2. The van der Waals surface area contributed by atoms with Gasteiger partial charge in [-0.3, -0.25) is 0 Å². The Bertz CT molecular complexity index is 2450. The average molecular weight is 585 g/mol. The van der Waals surface area contributed by atoms with Crippen LogP contribution >= 0.6 is 23.2 Å². The molecule has 6 heteroatoms. The zero-order valence-electron chi connectivity index (χ0n) is 22.7. The van der Waals surface area contributed by atoms with Crippen LogP contribution in [0, 0.1) is 0 Å². The molecular weight excluding hydrogens is 563 g/mol. The molecule has 0 saturated heterocycles. The second-order valence-electron chi connectivity index (χ2n) is 10.7. The van der Waals surface area contributed by atoms with Gasteiger partial charge in [0.2, 0.25) is 0 Å². The van der Waals surface area contributed by atoms with E-state index in [9.17, 15) is 0 Å². The van der Waals surface area contributed by atoms with Gasteiger partial charge in [0.05, 0.1) is 11.4 Å². The molecule has 7 aromatic carbocycles. The van der Waals surface area contributed by atoms with Gasteiger partial charge in [-0.15, -0.1) is 0 Å². The third kappa shape index (κ3) is 2.93. The van der Waals surface area contributed by atoms with E-state index >= 15 is 0 Å². The minimum Gasteiger partial charge on any atom is -0.453 e. The van der Waals surface area contributed by atoms with Crippen LogP contribution in [0.5, 0.6) is 0 Å². The summed E-state index contributed by atoms with van der Waals surface area (Å²) in [6, 6.07) is 28.9. The molecule has 0 spiro atoms. The summed E-state index contributed by atoms with van der Waals surface area (Å²) in [7, 11) is 3.85. The Kier molecular flexibility index (Phi) is 4.83. The number of benzene rings is 7. The molecule has 202 valence electrons. The highest BCUT2D eigenvalue weighted by atomic mass is 35.5. The maximum Gasteiger partial charge on any atom is 0.159 e. The summed E-state index contributed by atoms with van der Waals surface area (Å²) >= 11 is 13.9. The van der Waals surface area contributed by atoms with E-state index in [-0.39, 0.29) is 0 Å². The number of hydrogen-bond acceptors (Lipinski definition) is 4. The third-order valence-corrected chi connectivity index (χ3v) is 9.35. The van der Waals surface area contributed by atoms with E-state index in [1.165, 1.54) is 0 Å². The number of fused-ring (bicyclic) bond motifs is 10. The summed E-state index contributed by atoms with van der Waals surface area (Å²) in [5, 5.41) is 20.2. The highest BCUT2D eigenvalue weighted by molar-refractivity contribution is 6.45. The zero-order chi connectivity index (χ0) is 28.3. The maximum absolute atomic E-state index is 6.94. The fourth-order valence-electron chi connectivity index (χ4n) is 6.92. The van der Waals surface area contributed by atoms with Crippen molar-refractivity contribution in [3.8, 4) is 0 Å². The first-order valence-corrected chi connectivity index (χ1v) is 14.6. The van der Waals surface area contributed by atoms with E-state index in [1.807, 2.05) is 62.6 Å². The Labute approximate surface area is 249 Å². The number of anilines is 2. The molecule has 0 amide bonds. The summed E-state index contributed by atoms with van der Waals surface area (Å²) in [6.07, 6.45) is 0. The van der Waals surface area contributed by atoms with Crippen molar-refractivity contribution in [2.75, 3.05) is 24.7 Å². The molecule has 4 nitrogen and oxygen atoms in total. The molecule has 9 rings (SSSR count). The minimum atomic E-state index is 0.686. The normalized spacial score (nSPS) is 12.3. The number of hydrogen-bond donors (Lipinski definition) is 2. The zero-order valence-corrected chi connectivity index (χ0v) is 24.2. The van der Waals surface area contributed by atoms with Crippen LogP contribution in [0.3, 0.4) is 0 Å². The first kappa shape index (κ1) is 24.0. The lowest BCUT2D eigenvalue weighted by atomic mass is 9.88. The van der Waals surface area contributed by atoms with Crippen LogP contribution in [-0.4, -0.2) is 14.1 Å². The molecule has 0 atom stereocenters. The lowest BCUT2D eigenvalue weighted by Crippen LogP contribution is -1.96. The molecule has 2 heterocycles. The topological polar surface area (TPSA) is 50.3 Å². The molecule has 2 aromatic heterocycles. The molecule has 0 bridgehead atoms. The van der Waals surface area contributed by atoms with Gasteiger partial charge < -0.3 is 19.5 Å². The summed E-state index contributed by atoms with van der Waals surface area (Å²) in [5.41, 5.74) is 5.01. The quantitative estimate of drug-likeness (QED) is 0.157. The van der Waals surface area contributed by atoms with Gasteiger partial charge in [-0.25, -0.2) is 0 Å². The summed E-state index contributed by atoms with van der Waals surface area (Å²) < 4.78 is 13.7. The fraction of sp³-hybridized carbons (Fsp3) is 0.0556. The van der Waals surface area contributed by atoms with Crippen molar-refractivity contribution in [3.63, 3.8) is 0 Å². The Morgan fingerprint density at radius 3 is 1.24 bits per heavy atom. The van der Waals surface area contributed by atoms with Crippen molar-refractivity contribution in [1.82, 2.24) is 0 Å². The lowest BCUT2D eigenvalue weighted by molar-refractivity contribution is 0.666. The van der Waals surface area contributed by atoms with E-state index in [4.69, 9.17) is 32.0 Å². The van der Waals surface area contributed by atoms with Gasteiger partial charge in [0, 0.05) is 78.0 Å². The summed E-state index contributed by atoms with van der Waals surface area (Å²) in [4.78, 5) is 0. The molecule has 0 unspecified atom stereocenters. The van der Waals surface area contributed by atoms with Crippen LogP contribution in [0.25, 0.3) is 87.0 Å². The fourth-order valence-corrected chi connectivity index (χ4v) is 7.47. The summed E-state index contributed by atoms with van der Waals surface area (Å²) in [6.45, 7) is 0. The van der Waals surface area contributed by atoms with E-state index in [0.29, 0.717) is 10.0 Å². The van der Waals surface area contributed by atoms with E-state index in [2.05, 4.69) is 47.0 Å². The molecular formula is C36H22Cl2N2O2. The van der Waals surface area contributed by atoms with Gasteiger partial charge in [0.15, 0.2) is 11.2 Å². The van der Waals surface area contributed by atoms with Crippen LogP contribution in [0.1, 0.15) is 0 Å². The first-order valence-electron chi connectivity index (χ1n) is 13.8. The average Bonchev–Trinajstić information content (AvgIpc) is 3.03. The van der Waals surface area contributed by atoms with Gasteiger partial charge in [-0.1, -0.05) is 83.9 Å². The molecule has 9 aromatic rings. The number of rotatable bonds is 2. The maximum atomic E-state index is 6.94. The Morgan fingerprint density at radius 2 is 0.833 bits per heavy atom. The standard InChI is InChI=1S/C36H22Cl2N2O2/c1-39-27-13-11-21-30-24-16-26(38)18-8-4-6-10-20(18)34(24)42-36-28(40-2)14-12-22(32(30)36)29-23-15-25(37)17-7-3-5-9-19(17)33(23)41-35(27)31(21)29/h3-16,39-40H,1-2H3. The van der Waals surface area contributed by atoms with Crippen molar-refractivity contribution in [2.45, 2.75) is 0 Å². The van der Waals surface area contributed by atoms with Crippen LogP contribution < -0.4 is 10.6 Å². The van der Waals surface area contributed by atoms with Gasteiger partial charge in [0.25, 0.3) is 0 Å². The van der Waals surface area contributed by atoms with Crippen molar-refractivity contribution < 1.29 is 8.83 Å². The molecule has 0 aliphatic carbocycles. The Morgan fingerprint density at radius 1 is 0.429 bits per heavy atom. The van der Waals surface area contributed by atoms with E-state index in [0.717, 1.165) is 98.3 Å². The van der Waals surface area contributed by atoms with Crippen molar-refractivity contribution in [2.24, 2.45) is 0 Å². The number of nitrogens with one attached hydrogen (secondary N) is 2. The first-order chi connectivity index (χ1) is 20.6. The van der Waals surface area contributed by atoms with Crippen LogP contribution in [-0.2, 0) is 0 Å². The van der Waals surface area contributed by atoms with Crippen molar-refractivity contribution in [1.29, 1.82) is 0 Å². The molecule has 2 N–H and O–H groups in total. The Balaban J connectivity index is 1.67. The van der Waals surface area contributed by atoms with Crippen LogP contribution in [0.15, 0.2) is 93.8 Å². The SMILES string of the molecule is CNc1ccc2c3c1oc1c4ccccc4c(Cl)cc1c3c1ccc(NC)c3oc4c5ccccc5c(Cl)cc4c2c31. The smallest absolute Gasteiger partial charge is 0.159 e. The van der Waals surface area contributed by atoms with Gasteiger partial charge in [-0.05, 0) is 35.0 Å². The highest BCUT2D eigenvalue weighted by Gasteiger charge is 2.25. The predicted molar refractivity (Wildman–Crippen MR) is 180 cm³/mol. The van der Waals surface area contributed by atoms with Gasteiger partial charge in [-0.2, -0.15) is 0 Å². The molecule has 0 aliphatic heterocycles. The molecule has 42 heavy (non-hydrogen) atoms. The third-order valence-electron chi connectivity index (χ3n) is 8.73. The second-order valence-corrected chi connectivity index (χ2v) is 11.6. The van der Waals surface area contributed by atoms with E-state index < -0.39 is 0 Å². The van der Waals surface area contributed by atoms with Crippen molar-refractivity contribution in [3.05, 3.63) is 95.0 Å². The predicted octanol–water partition coefficient (Wildman–Crippen LogP) is 11.5. The van der Waals surface area contributed by atoms with Crippen molar-refractivity contribution >= 4 is 122 Å². The summed E-state index contributed by atoms with van der Waals surface area (Å²) in [5.74, 6) is 0. The largest absolute Gasteiger partial charge is 0.453 e. The molecule has 0 radical (unpaired) electrons. The molecule has 0 fully saturated rings. The van der Waals surface area contributed by atoms with E-state index in [1.54, 1.807) is 0 Å². The van der Waals surface area contributed by atoms with Crippen LogP contribution in [0.2, 0.25) is 10.0 Å². The monoisotopic (exact) mass is 584 g/mol. The second kappa shape index (κ2) is 8.45. The Hall–Kier alpha value is -4.64. The van der Waals surface area contributed by atoms with Crippen LogP contribution in [0.4, 0.5) is 11.4 Å². The van der Waals surface area contributed by atoms with Gasteiger partial charge >= 0.3 is 0 Å². The molecule has 0 aliphatic rings. The van der Waals surface area contributed by atoms with Gasteiger partial charge in [0.1, 0.15) is 11.2 Å². The highest BCUT2D eigenvalue weighted by Crippen LogP contribution is 2.51. The minimum absolute atomic E-state index is 0.686. The lowest BCUT2D eigenvalue weighted by Gasteiger charge is -2.20.